The Morgan fingerprint density at radius 1 is 1.28 bits per heavy atom. The third kappa shape index (κ3) is 2.43. The van der Waals surface area contributed by atoms with Crippen LogP contribution < -0.4 is 15.4 Å². The number of hydrogen-bond acceptors (Lipinski definition) is 4. The second-order valence-corrected chi connectivity index (χ2v) is 3.96. The molecule has 0 saturated carbocycles. The highest BCUT2D eigenvalue weighted by atomic mass is 16.5. The monoisotopic (exact) mass is 243 g/mol. The maximum Gasteiger partial charge on any atom is 0.175 e. The molecule has 94 valence electrons. The summed E-state index contributed by atoms with van der Waals surface area (Å²) in [6.45, 7) is 0.529. The van der Waals surface area contributed by atoms with Gasteiger partial charge in [-0.15, -0.1) is 0 Å². The molecule has 0 spiro atoms. The molecule has 0 saturated heterocycles. The van der Waals surface area contributed by atoms with E-state index in [9.17, 15) is 0 Å². The number of benzene rings is 1. The number of pyridine rings is 1. The first-order valence-electron chi connectivity index (χ1n) is 5.78. The van der Waals surface area contributed by atoms with E-state index in [0.717, 1.165) is 22.8 Å². The minimum absolute atomic E-state index is 0.529. The Labute approximate surface area is 107 Å². The lowest BCUT2D eigenvalue weighted by Gasteiger charge is -2.20. The summed E-state index contributed by atoms with van der Waals surface area (Å²) in [5.74, 6) is 1.53. The second-order valence-electron chi connectivity index (χ2n) is 3.96. The number of nitrogens with two attached hydrogens (primary N) is 1. The van der Waals surface area contributed by atoms with Crippen LogP contribution in [0.15, 0.2) is 42.6 Å². The van der Waals surface area contributed by atoms with Gasteiger partial charge in [0.05, 0.1) is 7.11 Å². The Bertz CT molecular complexity index is 528. The quantitative estimate of drug-likeness (QED) is 0.895. The summed E-state index contributed by atoms with van der Waals surface area (Å²) in [5.41, 5.74) is 7.78. The third-order valence-corrected chi connectivity index (χ3v) is 2.82. The molecule has 0 bridgehead atoms. The maximum absolute atomic E-state index is 5.65. The molecule has 4 heteroatoms. The lowest BCUT2D eigenvalue weighted by atomic mass is 10.2. The molecule has 0 radical (unpaired) electrons. The lowest BCUT2D eigenvalue weighted by molar-refractivity contribution is 0.414. The van der Waals surface area contributed by atoms with Crippen molar-refractivity contribution in [2.75, 3.05) is 19.1 Å². The van der Waals surface area contributed by atoms with Crippen molar-refractivity contribution in [2.45, 2.75) is 6.54 Å². The van der Waals surface area contributed by atoms with Crippen molar-refractivity contribution in [1.29, 1.82) is 0 Å². The number of rotatable bonds is 4. The van der Waals surface area contributed by atoms with Gasteiger partial charge >= 0.3 is 0 Å². The molecule has 0 fully saturated rings. The number of aromatic nitrogens is 1. The zero-order chi connectivity index (χ0) is 13.0. The van der Waals surface area contributed by atoms with E-state index >= 15 is 0 Å². The smallest absolute Gasteiger partial charge is 0.175 e. The first-order valence-corrected chi connectivity index (χ1v) is 5.78. The molecule has 1 aromatic heterocycles. The van der Waals surface area contributed by atoms with Gasteiger partial charge in [0.2, 0.25) is 0 Å². The summed E-state index contributed by atoms with van der Waals surface area (Å²) in [6, 6.07) is 11.8. The topological polar surface area (TPSA) is 51.4 Å². The predicted molar refractivity (Wildman–Crippen MR) is 73.2 cm³/mol. The molecule has 18 heavy (non-hydrogen) atoms. The summed E-state index contributed by atoms with van der Waals surface area (Å²) in [7, 11) is 3.60. The van der Waals surface area contributed by atoms with Crippen molar-refractivity contribution in [3.63, 3.8) is 0 Å². The summed E-state index contributed by atoms with van der Waals surface area (Å²) < 4.78 is 5.32. The molecule has 0 aliphatic rings. The number of hydrogen-bond donors (Lipinski definition) is 1. The molecule has 1 aromatic carbocycles. The molecule has 0 unspecified atom stereocenters. The van der Waals surface area contributed by atoms with Crippen LogP contribution in [-0.4, -0.2) is 19.1 Å². The lowest BCUT2D eigenvalue weighted by Crippen LogP contribution is -2.12. The van der Waals surface area contributed by atoms with Crippen LogP contribution in [0.5, 0.6) is 5.75 Å². The van der Waals surface area contributed by atoms with Crippen molar-refractivity contribution < 1.29 is 4.74 Å². The zero-order valence-corrected chi connectivity index (χ0v) is 10.6. The first-order chi connectivity index (χ1) is 8.76. The minimum Gasteiger partial charge on any atom is -0.493 e. The highest BCUT2D eigenvalue weighted by Gasteiger charge is 2.10. The molecule has 0 amide bonds. The third-order valence-electron chi connectivity index (χ3n) is 2.82. The summed E-state index contributed by atoms with van der Waals surface area (Å²) in [4.78, 5) is 6.34. The van der Waals surface area contributed by atoms with Gasteiger partial charge in [0.15, 0.2) is 11.6 Å². The van der Waals surface area contributed by atoms with E-state index in [1.807, 2.05) is 48.3 Å². The molecule has 4 nitrogen and oxygen atoms in total. The number of anilines is 2. The Balaban J connectivity index is 2.37. The van der Waals surface area contributed by atoms with Gasteiger partial charge in [-0.2, -0.15) is 0 Å². The summed E-state index contributed by atoms with van der Waals surface area (Å²) >= 11 is 0. The van der Waals surface area contributed by atoms with Crippen LogP contribution in [0.2, 0.25) is 0 Å². The van der Waals surface area contributed by atoms with Gasteiger partial charge in [-0.1, -0.05) is 12.1 Å². The minimum atomic E-state index is 0.529. The van der Waals surface area contributed by atoms with Crippen LogP contribution in [0.4, 0.5) is 11.5 Å². The summed E-state index contributed by atoms with van der Waals surface area (Å²) in [5, 5.41) is 0. The van der Waals surface area contributed by atoms with E-state index in [1.54, 1.807) is 13.3 Å². The summed E-state index contributed by atoms with van der Waals surface area (Å²) in [6.07, 6.45) is 1.75. The van der Waals surface area contributed by atoms with E-state index < -0.39 is 0 Å². The van der Waals surface area contributed by atoms with E-state index in [0.29, 0.717) is 6.54 Å². The van der Waals surface area contributed by atoms with Crippen molar-refractivity contribution in [2.24, 2.45) is 5.73 Å². The van der Waals surface area contributed by atoms with Crippen LogP contribution in [0, 0.1) is 0 Å². The first kappa shape index (κ1) is 12.4. The average Bonchev–Trinajstić information content (AvgIpc) is 2.46. The van der Waals surface area contributed by atoms with Crippen molar-refractivity contribution in [1.82, 2.24) is 4.98 Å². The number of ether oxygens (including phenoxy) is 1. The Hall–Kier alpha value is -2.07. The fourth-order valence-electron chi connectivity index (χ4n) is 1.81. The van der Waals surface area contributed by atoms with Gasteiger partial charge in [0, 0.05) is 25.5 Å². The highest BCUT2D eigenvalue weighted by molar-refractivity contribution is 5.65. The van der Waals surface area contributed by atoms with Gasteiger partial charge in [0.25, 0.3) is 0 Å². The van der Waals surface area contributed by atoms with Crippen molar-refractivity contribution in [3.8, 4) is 5.75 Å². The van der Waals surface area contributed by atoms with Gasteiger partial charge in [-0.25, -0.2) is 4.98 Å². The fourth-order valence-corrected chi connectivity index (χ4v) is 1.81. The number of nitrogens with zero attached hydrogens (tertiary/aromatic N) is 2. The number of methoxy groups -OCH3 is 1. The van der Waals surface area contributed by atoms with Crippen LogP contribution in [-0.2, 0) is 6.54 Å². The molecule has 0 atom stereocenters. The van der Waals surface area contributed by atoms with Crippen LogP contribution in [0.25, 0.3) is 0 Å². The second kappa shape index (κ2) is 5.51. The molecule has 2 N–H and O–H groups in total. The zero-order valence-electron chi connectivity index (χ0n) is 10.6. The van der Waals surface area contributed by atoms with Crippen molar-refractivity contribution in [3.05, 3.63) is 48.2 Å². The van der Waals surface area contributed by atoms with Gasteiger partial charge in [0.1, 0.15) is 0 Å². The van der Waals surface area contributed by atoms with Gasteiger partial charge < -0.3 is 15.4 Å². The Morgan fingerprint density at radius 3 is 2.83 bits per heavy atom. The molecule has 1 heterocycles. The van der Waals surface area contributed by atoms with Gasteiger partial charge in [-0.3, -0.25) is 0 Å². The van der Waals surface area contributed by atoms with Crippen molar-refractivity contribution >= 4 is 11.5 Å². The van der Waals surface area contributed by atoms with E-state index in [4.69, 9.17) is 10.5 Å². The average molecular weight is 243 g/mol. The van der Waals surface area contributed by atoms with Crippen LogP contribution in [0.1, 0.15) is 5.56 Å². The normalized spacial score (nSPS) is 10.2. The Kier molecular flexibility index (Phi) is 3.79. The SMILES string of the molecule is COc1cccnc1N(C)c1cccc(CN)c1. The Morgan fingerprint density at radius 2 is 2.11 bits per heavy atom. The largest absolute Gasteiger partial charge is 0.493 e. The fraction of sp³-hybridized carbons (Fsp3) is 0.214. The predicted octanol–water partition coefficient (Wildman–Crippen LogP) is 2.32. The van der Waals surface area contributed by atoms with Gasteiger partial charge in [-0.05, 0) is 29.8 Å². The molecular formula is C14H17N3O. The van der Waals surface area contributed by atoms with Crippen LogP contribution in [0.3, 0.4) is 0 Å². The molecule has 0 aliphatic carbocycles. The molecule has 2 rings (SSSR count). The molecule has 2 aromatic rings. The standard InChI is InChI=1S/C14H17N3O/c1-17(12-6-3-5-11(9-12)10-15)14-13(18-2)7-4-8-16-14/h3-9H,10,15H2,1-2H3. The van der Waals surface area contributed by atoms with E-state index in [2.05, 4.69) is 4.98 Å². The molecular weight excluding hydrogens is 226 g/mol. The maximum atomic E-state index is 5.65. The molecule has 0 aliphatic heterocycles. The van der Waals surface area contributed by atoms with E-state index in [-0.39, 0.29) is 0 Å². The highest BCUT2D eigenvalue weighted by Crippen LogP contribution is 2.29. The van der Waals surface area contributed by atoms with Crippen LogP contribution >= 0.6 is 0 Å². The van der Waals surface area contributed by atoms with E-state index in [1.165, 1.54) is 0 Å².